The van der Waals surface area contributed by atoms with E-state index in [-0.39, 0.29) is 5.91 Å². The van der Waals surface area contributed by atoms with E-state index in [1.54, 1.807) is 18.3 Å². The molecule has 0 aliphatic rings. The quantitative estimate of drug-likeness (QED) is 0.538. The van der Waals surface area contributed by atoms with Gasteiger partial charge in [0.05, 0.1) is 6.20 Å². The number of carbonyl (C=O) groups excluding carboxylic acids is 1. The van der Waals surface area contributed by atoms with Crippen molar-refractivity contribution in [1.29, 1.82) is 0 Å². The summed E-state index contributed by atoms with van der Waals surface area (Å²) in [5, 5.41) is 10.7. The zero-order valence-corrected chi connectivity index (χ0v) is 12.2. The molecule has 2 aromatic carbocycles. The van der Waals surface area contributed by atoms with Gasteiger partial charge in [0.2, 0.25) is 0 Å². The Kier molecular flexibility index (Phi) is 3.16. The van der Waals surface area contributed by atoms with Crippen molar-refractivity contribution in [3.8, 4) is 11.3 Å². The van der Waals surface area contributed by atoms with Gasteiger partial charge in [-0.25, -0.2) is 0 Å². The standard InChI is InChI=1S/C18H14N4O/c23-18(12-4-2-1-3-5-12)21-15-6-7-16-13(8-15)9-17(22-16)14-10-19-20-11-14/h1-11,22H,(H,19,20)(H,21,23). The van der Waals surface area contributed by atoms with Gasteiger partial charge in [0.25, 0.3) is 5.91 Å². The van der Waals surface area contributed by atoms with Crippen LogP contribution in [0.25, 0.3) is 22.2 Å². The van der Waals surface area contributed by atoms with Crippen LogP contribution in [0.1, 0.15) is 10.4 Å². The van der Waals surface area contributed by atoms with Crippen molar-refractivity contribution in [3.05, 3.63) is 72.6 Å². The average molecular weight is 302 g/mol. The van der Waals surface area contributed by atoms with E-state index < -0.39 is 0 Å². The smallest absolute Gasteiger partial charge is 0.255 e. The first-order chi connectivity index (χ1) is 11.3. The molecule has 5 nitrogen and oxygen atoms in total. The number of rotatable bonds is 3. The maximum Gasteiger partial charge on any atom is 0.255 e. The summed E-state index contributed by atoms with van der Waals surface area (Å²) in [7, 11) is 0. The molecule has 0 saturated carbocycles. The summed E-state index contributed by atoms with van der Waals surface area (Å²) in [4.78, 5) is 15.5. The number of fused-ring (bicyclic) bond motifs is 1. The maximum absolute atomic E-state index is 12.2. The molecule has 0 aliphatic heterocycles. The Morgan fingerprint density at radius 3 is 2.70 bits per heavy atom. The zero-order chi connectivity index (χ0) is 15.6. The number of aromatic nitrogens is 3. The monoisotopic (exact) mass is 302 g/mol. The predicted molar refractivity (Wildman–Crippen MR) is 90.3 cm³/mol. The third-order valence-electron chi connectivity index (χ3n) is 3.72. The highest BCUT2D eigenvalue weighted by Gasteiger charge is 2.08. The number of nitrogens with zero attached hydrogens (tertiary/aromatic N) is 1. The van der Waals surface area contributed by atoms with Crippen molar-refractivity contribution in [2.24, 2.45) is 0 Å². The second-order valence-corrected chi connectivity index (χ2v) is 5.29. The van der Waals surface area contributed by atoms with E-state index in [4.69, 9.17) is 0 Å². The van der Waals surface area contributed by atoms with Crippen LogP contribution < -0.4 is 5.32 Å². The number of anilines is 1. The van der Waals surface area contributed by atoms with Gasteiger partial charge in [0.15, 0.2) is 0 Å². The molecule has 0 saturated heterocycles. The lowest BCUT2D eigenvalue weighted by molar-refractivity contribution is 0.102. The molecule has 0 spiro atoms. The van der Waals surface area contributed by atoms with Crippen molar-refractivity contribution >= 4 is 22.5 Å². The molecule has 0 fully saturated rings. The first-order valence-electron chi connectivity index (χ1n) is 7.28. The molecular formula is C18H14N4O. The number of aromatic amines is 2. The number of amides is 1. The molecule has 4 aromatic rings. The normalized spacial score (nSPS) is 10.8. The van der Waals surface area contributed by atoms with Crippen LogP contribution in [0.3, 0.4) is 0 Å². The van der Waals surface area contributed by atoms with Crippen molar-refractivity contribution < 1.29 is 4.79 Å². The van der Waals surface area contributed by atoms with E-state index in [0.717, 1.165) is 27.8 Å². The minimum atomic E-state index is -0.115. The summed E-state index contributed by atoms with van der Waals surface area (Å²) in [5.41, 5.74) is 4.40. The Morgan fingerprint density at radius 2 is 1.91 bits per heavy atom. The molecule has 0 bridgehead atoms. The summed E-state index contributed by atoms with van der Waals surface area (Å²) >= 11 is 0. The van der Waals surface area contributed by atoms with Crippen molar-refractivity contribution in [3.63, 3.8) is 0 Å². The number of carbonyl (C=O) groups is 1. The SMILES string of the molecule is O=C(Nc1ccc2[nH]c(-c3cn[nH]c3)cc2c1)c1ccccc1. The summed E-state index contributed by atoms with van der Waals surface area (Å²) in [5.74, 6) is -0.115. The van der Waals surface area contributed by atoms with Gasteiger partial charge in [0, 0.05) is 39.6 Å². The van der Waals surface area contributed by atoms with Crippen LogP contribution in [-0.4, -0.2) is 21.1 Å². The molecule has 2 heterocycles. The third-order valence-corrected chi connectivity index (χ3v) is 3.72. The highest BCUT2D eigenvalue weighted by molar-refractivity contribution is 6.05. The molecule has 0 unspecified atom stereocenters. The second-order valence-electron chi connectivity index (χ2n) is 5.29. The van der Waals surface area contributed by atoms with Crippen molar-refractivity contribution in [2.75, 3.05) is 5.32 Å². The molecule has 0 aliphatic carbocycles. The lowest BCUT2D eigenvalue weighted by Gasteiger charge is -2.05. The number of hydrogen-bond acceptors (Lipinski definition) is 2. The van der Waals surface area contributed by atoms with Gasteiger partial charge < -0.3 is 10.3 Å². The predicted octanol–water partition coefficient (Wildman–Crippen LogP) is 3.81. The lowest BCUT2D eigenvalue weighted by Crippen LogP contribution is -2.11. The number of hydrogen-bond donors (Lipinski definition) is 3. The molecule has 23 heavy (non-hydrogen) atoms. The molecule has 4 rings (SSSR count). The summed E-state index contributed by atoms with van der Waals surface area (Å²) in [6.45, 7) is 0. The minimum Gasteiger partial charge on any atom is -0.354 e. The van der Waals surface area contributed by atoms with Crippen molar-refractivity contribution in [2.45, 2.75) is 0 Å². The summed E-state index contributed by atoms with van der Waals surface area (Å²) in [6, 6.07) is 17.0. The number of H-pyrrole nitrogens is 2. The third kappa shape index (κ3) is 2.60. The molecule has 0 atom stereocenters. The van der Waals surface area contributed by atoms with E-state index in [0.29, 0.717) is 5.56 Å². The van der Waals surface area contributed by atoms with Gasteiger partial charge in [-0.1, -0.05) is 18.2 Å². The van der Waals surface area contributed by atoms with Crippen LogP contribution in [0.4, 0.5) is 5.69 Å². The van der Waals surface area contributed by atoms with Crippen LogP contribution >= 0.6 is 0 Å². The topological polar surface area (TPSA) is 73.6 Å². The fourth-order valence-electron chi connectivity index (χ4n) is 2.56. The molecular weight excluding hydrogens is 288 g/mol. The highest BCUT2D eigenvalue weighted by atomic mass is 16.1. The summed E-state index contributed by atoms with van der Waals surface area (Å²) in [6.07, 6.45) is 3.60. The molecule has 1 amide bonds. The molecule has 2 aromatic heterocycles. The molecule has 5 heteroatoms. The second kappa shape index (κ2) is 5.46. The summed E-state index contributed by atoms with van der Waals surface area (Å²) < 4.78 is 0. The van der Waals surface area contributed by atoms with E-state index in [1.807, 2.05) is 48.7 Å². The van der Waals surface area contributed by atoms with Crippen LogP contribution in [-0.2, 0) is 0 Å². The van der Waals surface area contributed by atoms with Gasteiger partial charge in [0.1, 0.15) is 0 Å². The van der Waals surface area contributed by atoms with Crippen LogP contribution in [0, 0.1) is 0 Å². The van der Waals surface area contributed by atoms with Crippen LogP contribution in [0.2, 0.25) is 0 Å². The van der Waals surface area contributed by atoms with Crippen LogP contribution in [0.15, 0.2) is 67.0 Å². The maximum atomic E-state index is 12.2. The van der Waals surface area contributed by atoms with Gasteiger partial charge in [-0.2, -0.15) is 5.10 Å². The number of benzene rings is 2. The Morgan fingerprint density at radius 1 is 1.04 bits per heavy atom. The fraction of sp³-hybridized carbons (Fsp3) is 0. The first-order valence-corrected chi connectivity index (χ1v) is 7.28. The van der Waals surface area contributed by atoms with Crippen molar-refractivity contribution in [1.82, 2.24) is 15.2 Å². The van der Waals surface area contributed by atoms with Gasteiger partial charge >= 0.3 is 0 Å². The molecule has 112 valence electrons. The first kappa shape index (κ1) is 13.3. The van der Waals surface area contributed by atoms with E-state index in [2.05, 4.69) is 20.5 Å². The fourth-order valence-corrected chi connectivity index (χ4v) is 2.56. The Balaban J connectivity index is 1.63. The largest absolute Gasteiger partial charge is 0.354 e. The Labute approximate surface area is 132 Å². The van der Waals surface area contributed by atoms with Crippen LogP contribution in [0.5, 0.6) is 0 Å². The van der Waals surface area contributed by atoms with Gasteiger partial charge in [-0.3, -0.25) is 9.89 Å². The lowest BCUT2D eigenvalue weighted by atomic mass is 10.2. The van der Waals surface area contributed by atoms with Gasteiger partial charge in [-0.15, -0.1) is 0 Å². The van der Waals surface area contributed by atoms with E-state index in [1.165, 1.54) is 0 Å². The van der Waals surface area contributed by atoms with E-state index >= 15 is 0 Å². The molecule has 3 N–H and O–H groups in total. The highest BCUT2D eigenvalue weighted by Crippen LogP contribution is 2.25. The Bertz CT molecular complexity index is 955. The zero-order valence-electron chi connectivity index (χ0n) is 12.2. The average Bonchev–Trinajstić information content (AvgIpc) is 3.24. The van der Waals surface area contributed by atoms with Gasteiger partial charge in [-0.05, 0) is 36.4 Å². The minimum absolute atomic E-state index is 0.115. The number of nitrogens with one attached hydrogen (secondary N) is 3. The Hall–Kier alpha value is -3.34. The van der Waals surface area contributed by atoms with E-state index in [9.17, 15) is 4.79 Å². The molecule has 0 radical (unpaired) electrons.